The summed E-state index contributed by atoms with van der Waals surface area (Å²) in [5, 5.41) is 1.17. The molecule has 0 spiro atoms. The Balaban J connectivity index is 1.45. The van der Waals surface area contributed by atoms with Crippen LogP contribution in [0.2, 0.25) is 0 Å². The van der Waals surface area contributed by atoms with E-state index in [1.807, 2.05) is 0 Å². The molecule has 1 fully saturated rings. The van der Waals surface area contributed by atoms with Gasteiger partial charge in [0.25, 0.3) is 0 Å². The highest BCUT2D eigenvalue weighted by atomic mass is 19.4. The van der Waals surface area contributed by atoms with Crippen LogP contribution in [0, 0.1) is 29.4 Å². The highest BCUT2D eigenvalue weighted by Crippen LogP contribution is 2.38. The monoisotopic (exact) mass is 500 g/mol. The molecule has 3 aromatic carbocycles. The van der Waals surface area contributed by atoms with Gasteiger partial charge in [0.05, 0.1) is 5.56 Å². The minimum atomic E-state index is -4.77. The summed E-state index contributed by atoms with van der Waals surface area (Å²) >= 11 is 0. The zero-order chi connectivity index (χ0) is 25.7. The number of ether oxygens (including phenoxy) is 1. The summed E-state index contributed by atoms with van der Waals surface area (Å²) in [5.74, 6) is 4.61. The third-order valence-corrected chi connectivity index (χ3v) is 6.98. The van der Waals surface area contributed by atoms with Crippen molar-refractivity contribution in [2.24, 2.45) is 5.92 Å². The van der Waals surface area contributed by atoms with Gasteiger partial charge in [-0.1, -0.05) is 56.6 Å². The third-order valence-electron chi connectivity index (χ3n) is 6.98. The van der Waals surface area contributed by atoms with Gasteiger partial charge in [0.1, 0.15) is 17.4 Å². The van der Waals surface area contributed by atoms with Crippen LogP contribution < -0.4 is 4.74 Å². The van der Waals surface area contributed by atoms with E-state index in [1.165, 1.54) is 56.0 Å². The van der Waals surface area contributed by atoms with Crippen molar-refractivity contribution in [2.45, 2.75) is 70.6 Å². The van der Waals surface area contributed by atoms with Crippen LogP contribution in [0.15, 0.2) is 48.5 Å². The molecule has 190 valence electrons. The van der Waals surface area contributed by atoms with Crippen LogP contribution in [-0.4, -0.2) is 6.36 Å². The average molecular weight is 501 g/mol. The van der Waals surface area contributed by atoms with Gasteiger partial charge in [0.15, 0.2) is 0 Å². The Bertz CT molecular complexity index is 1240. The number of alkyl halides is 3. The van der Waals surface area contributed by atoms with Gasteiger partial charge in [0.2, 0.25) is 0 Å². The van der Waals surface area contributed by atoms with E-state index in [4.69, 9.17) is 0 Å². The number of hydrogen-bond donors (Lipinski definition) is 0. The maximum absolute atomic E-state index is 14.8. The second-order valence-electron chi connectivity index (χ2n) is 9.59. The Morgan fingerprint density at radius 3 is 2.17 bits per heavy atom. The summed E-state index contributed by atoms with van der Waals surface area (Å²) in [4.78, 5) is 0. The summed E-state index contributed by atoms with van der Waals surface area (Å²) in [7, 11) is 0. The molecule has 6 heteroatoms. The summed E-state index contributed by atoms with van der Waals surface area (Å²) in [5.41, 5.74) is 0.919. The fourth-order valence-corrected chi connectivity index (χ4v) is 5.05. The number of hydrogen-bond acceptors (Lipinski definition) is 1. The molecule has 1 nitrogen and oxygen atoms in total. The quantitative estimate of drug-likeness (QED) is 0.186. The molecule has 0 unspecified atom stereocenters. The smallest absolute Gasteiger partial charge is 0.406 e. The number of rotatable bonds is 6. The topological polar surface area (TPSA) is 9.23 Å². The molecule has 4 rings (SSSR count). The maximum Gasteiger partial charge on any atom is 0.573 e. The lowest BCUT2D eigenvalue weighted by atomic mass is 9.77. The largest absolute Gasteiger partial charge is 0.573 e. The Labute approximate surface area is 208 Å². The van der Waals surface area contributed by atoms with Crippen LogP contribution in [0.1, 0.15) is 80.9 Å². The Hall–Kier alpha value is -3.07. The summed E-state index contributed by atoms with van der Waals surface area (Å²) in [6.45, 7) is 2.20. The molecule has 36 heavy (non-hydrogen) atoms. The molecular formula is C30H29F5O. The first-order chi connectivity index (χ1) is 17.2. The molecule has 0 bridgehead atoms. The van der Waals surface area contributed by atoms with E-state index < -0.39 is 18.0 Å². The molecular weight excluding hydrogens is 471 g/mol. The number of fused-ring (bicyclic) bond motifs is 1. The van der Waals surface area contributed by atoms with Gasteiger partial charge >= 0.3 is 6.36 Å². The number of benzene rings is 3. The van der Waals surface area contributed by atoms with E-state index in [2.05, 4.69) is 23.5 Å². The van der Waals surface area contributed by atoms with Crippen molar-refractivity contribution in [1.29, 1.82) is 0 Å². The minimum absolute atomic E-state index is 0.171. The molecule has 0 aliphatic heterocycles. The van der Waals surface area contributed by atoms with Crippen molar-refractivity contribution in [2.75, 3.05) is 0 Å². The molecule has 0 saturated heterocycles. The molecule has 0 radical (unpaired) electrons. The standard InChI is InChI=1S/C30H29F5O/c1-2-3-4-5-20-6-10-22(11-7-20)25-18-28(31)27(29(32)19-25)15-9-21-8-12-24-17-26(36-30(33,34)35)14-13-23(24)16-21/h8,12-14,16-20,22H,2-7,10-11H2,1H3. The summed E-state index contributed by atoms with van der Waals surface area (Å²) in [6.07, 6.45) is 4.32. The highest BCUT2D eigenvalue weighted by molar-refractivity contribution is 5.85. The molecule has 3 aromatic rings. The van der Waals surface area contributed by atoms with E-state index in [1.54, 1.807) is 18.2 Å². The lowest BCUT2D eigenvalue weighted by Crippen LogP contribution is -2.16. The van der Waals surface area contributed by atoms with Gasteiger partial charge in [-0.3, -0.25) is 0 Å². The van der Waals surface area contributed by atoms with Crippen molar-refractivity contribution < 1.29 is 26.7 Å². The molecule has 0 atom stereocenters. The third kappa shape index (κ3) is 6.78. The van der Waals surface area contributed by atoms with Crippen molar-refractivity contribution >= 4 is 10.8 Å². The molecule has 0 amide bonds. The Kier molecular flexibility index (Phi) is 8.18. The van der Waals surface area contributed by atoms with Crippen LogP contribution in [0.4, 0.5) is 22.0 Å². The van der Waals surface area contributed by atoms with Gasteiger partial charge in [0, 0.05) is 5.56 Å². The van der Waals surface area contributed by atoms with Gasteiger partial charge in [-0.05, 0) is 90.3 Å². The molecule has 0 heterocycles. The minimum Gasteiger partial charge on any atom is -0.406 e. The first-order valence-corrected chi connectivity index (χ1v) is 12.5. The normalized spacial score (nSPS) is 18.1. The zero-order valence-corrected chi connectivity index (χ0v) is 20.2. The Morgan fingerprint density at radius 2 is 1.50 bits per heavy atom. The summed E-state index contributed by atoms with van der Waals surface area (Å²) < 4.78 is 70.9. The SMILES string of the molecule is CCCCCC1CCC(c2cc(F)c(C#Cc3ccc4cc(OC(F)(F)F)ccc4c3)c(F)c2)CC1. The van der Waals surface area contributed by atoms with E-state index in [-0.39, 0.29) is 17.2 Å². The molecule has 1 aliphatic rings. The zero-order valence-electron chi connectivity index (χ0n) is 20.2. The van der Waals surface area contributed by atoms with Crippen LogP contribution in [-0.2, 0) is 0 Å². The van der Waals surface area contributed by atoms with Crippen molar-refractivity contribution in [3.8, 4) is 17.6 Å². The molecule has 1 aliphatic carbocycles. The van der Waals surface area contributed by atoms with Crippen LogP contribution in [0.5, 0.6) is 5.75 Å². The maximum atomic E-state index is 14.8. The van der Waals surface area contributed by atoms with Gasteiger partial charge < -0.3 is 4.74 Å². The van der Waals surface area contributed by atoms with E-state index in [9.17, 15) is 22.0 Å². The number of unbranched alkanes of at least 4 members (excludes halogenated alkanes) is 2. The molecule has 0 aromatic heterocycles. The first-order valence-electron chi connectivity index (χ1n) is 12.5. The fourth-order valence-electron chi connectivity index (χ4n) is 5.05. The Morgan fingerprint density at radius 1 is 0.833 bits per heavy atom. The second-order valence-corrected chi connectivity index (χ2v) is 9.59. The predicted molar refractivity (Wildman–Crippen MR) is 132 cm³/mol. The second kappa shape index (κ2) is 11.3. The van der Waals surface area contributed by atoms with Crippen molar-refractivity contribution in [3.05, 3.63) is 76.9 Å². The van der Waals surface area contributed by atoms with Crippen LogP contribution >= 0.6 is 0 Å². The fraction of sp³-hybridized carbons (Fsp3) is 0.400. The lowest BCUT2D eigenvalue weighted by molar-refractivity contribution is -0.274. The summed E-state index contributed by atoms with van der Waals surface area (Å²) in [6, 6.07) is 11.6. The van der Waals surface area contributed by atoms with Crippen LogP contribution in [0.3, 0.4) is 0 Å². The van der Waals surface area contributed by atoms with Gasteiger partial charge in [-0.25, -0.2) is 8.78 Å². The van der Waals surface area contributed by atoms with E-state index in [0.717, 1.165) is 31.6 Å². The first kappa shape index (κ1) is 26.0. The lowest BCUT2D eigenvalue weighted by Gasteiger charge is -2.29. The van der Waals surface area contributed by atoms with Gasteiger partial charge in [-0.15, -0.1) is 13.2 Å². The van der Waals surface area contributed by atoms with Gasteiger partial charge in [-0.2, -0.15) is 0 Å². The van der Waals surface area contributed by atoms with Crippen molar-refractivity contribution in [3.63, 3.8) is 0 Å². The number of halogens is 5. The predicted octanol–water partition coefficient (Wildman–Crippen LogP) is 9.27. The van der Waals surface area contributed by atoms with Crippen LogP contribution in [0.25, 0.3) is 10.8 Å². The highest BCUT2D eigenvalue weighted by Gasteiger charge is 2.31. The van der Waals surface area contributed by atoms with Crippen molar-refractivity contribution in [1.82, 2.24) is 0 Å². The van der Waals surface area contributed by atoms with E-state index in [0.29, 0.717) is 21.9 Å². The molecule has 0 N–H and O–H groups in total. The molecule has 1 saturated carbocycles. The average Bonchev–Trinajstić information content (AvgIpc) is 2.83. The van der Waals surface area contributed by atoms with E-state index >= 15 is 0 Å².